The van der Waals surface area contributed by atoms with Gasteiger partial charge in [-0.25, -0.2) is 0 Å². The fourth-order valence-corrected chi connectivity index (χ4v) is 3.77. The van der Waals surface area contributed by atoms with Crippen LogP contribution in [0.3, 0.4) is 0 Å². The molecule has 1 unspecified atom stereocenters. The minimum atomic E-state index is -0.626. The van der Waals surface area contributed by atoms with Gasteiger partial charge in [0.1, 0.15) is 5.75 Å². The number of hydrogen-bond donors (Lipinski definition) is 1. The Kier molecular flexibility index (Phi) is 3.72. The van der Waals surface area contributed by atoms with Gasteiger partial charge in [-0.05, 0) is 34.7 Å². The van der Waals surface area contributed by atoms with Crippen LogP contribution < -0.4 is 4.74 Å². The quantitative estimate of drug-likeness (QED) is 0.917. The molecule has 0 radical (unpaired) electrons. The molecule has 2 heterocycles. The number of aliphatic hydroxyl groups excluding tert-OH is 1. The highest BCUT2D eigenvalue weighted by molar-refractivity contribution is 7.10. The summed E-state index contributed by atoms with van der Waals surface area (Å²) in [6.45, 7) is 0.679. The molecule has 0 aliphatic carbocycles. The van der Waals surface area contributed by atoms with E-state index in [1.54, 1.807) is 6.07 Å². The van der Waals surface area contributed by atoms with Crippen molar-refractivity contribution in [3.05, 3.63) is 49.6 Å². The zero-order valence-electron chi connectivity index (χ0n) is 10.0. The van der Waals surface area contributed by atoms with Crippen molar-refractivity contribution in [3.8, 4) is 5.75 Å². The average molecular weight is 315 g/mol. The number of thiophene rings is 1. The maximum absolute atomic E-state index is 10.3. The van der Waals surface area contributed by atoms with Crippen LogP contribution in [0.25, 0.3) is 0 Å². The van der Waals surface area contributed by atoms with Crippen molar-refractivity contribution < 1.29 is 9.84 Å². The van der Waals surface area contributed by atoms with Crippen LogP contribution in [0.15, 0.2) is 23.6 Å². The SMILES string of the molecule is OC(Cc1cc(Cl)cc2c1OCC2)c1sccc1Cl. The van der Waals surface area contributed by atoms with E-state index < -0.39 is 6.10 Å². The molecule has 1 aliphatic rings. The Hall–Kier alpha value is -0.740. The first-order chi connectivity index (χ1) is 9.15. The summed E-state index contributed by atoms with van der Waals surface area (Å²) in [6, 6.07) is 5.58. The molecule has 5 heteroatoms. The summed E-state index contributed by atoms with van der Waals surface area (Å²) < 4.78 is 5.63. The molecule has 1 aromatic carbocycles. The first-order valence-corrected chi connectivity index (χ1v) is 7.64. The summed E-state index contributed by atoms with van der Waals surface area (Å²) >= 11 is 13.6. The number of rotatable bonds is 3. The largest absolute Gasteiger partial charge is 0.493 e. The number of fused-ring (bicyclic) bond motifs is 1. The Bertz CT molecular complexity index is 609. The predicted molar refractivity (Wildman–Crippen MR) is 78.6 cm³/mol. The molecular formula is C14H12Cl2O2S. The molecule has 3 rings (SSSR count). The van der Waals surface area contributed by atoms with Crippen LogP contribution in [-0.4, -0.2) is 11.7 Å². The lowest BCUT2D eigenvalue weighted by Gasteiger charge is -2.13. The van der Waals surface area contributed by atoms with Gasteiger partial charge < -0.3 is 9.84 Å². The van der Waals surface area contributed by atoms with Gasteiger partial charge in [-0.3, -0.25) is 0 Å². The molecule has 0 amide bonds. The summed E-state index contributed by atoms with van der Waals surface area (Å²) in [4.78, 5) is 0.786. The van der Waals surface area contributed by atoms with Crippen LogP contribution in [0.2, 0.25) is 10.0 Å². The molecule has 100 valence electrons. The Labute approximate surface area is 125 Å². The monoisotopic (exact) mass is 314 g/mol. The van der Waals surface area contributed by atoms with Crippen molar-refractivity contribution in [2.45, 2.75) is 18.9 Å². The average Bonchev–Trinajstić information content (AvgIpc) is 2.97. The van der Waals surface area contributed by atoms with Crippen LogP contribution in [0.4, 0.5) is 0 Å². The van der Waals surface area contributed by atoms with Crippen LogP contribution in [0.5, 0.6) is 5.75 Å². The van der Waals surface area contributed by atoms with Crippen molar-refractivity contribution in [1.82, 2.24) is 0 Å². The number of hydrogen-bond acceptors (Lipinski definition) is 3. The number of benzene rings is 1. The lowest BCUT2D eigenvalue weighted by molar-refractivity contribution is 0.181. The van der Waals surface area contributed by atoms with Gasteiger partial charge >= 0.3 is 0 Å². The van der Waals surface area contributed by atoms with Gasteiger partial charge in [0.15, 0.2) is 0 Å². The standard InChI is InChI=1S/C14H12Cl2O2S/c15-10-5-8-1-3-18-13(8)9(6-10)7-12(17)14-11(16)2-4-19-14/h2,4-6,12,17H,1,3,7H2. The van der Waals surface area contributed by atoms with E-state index >= 15 is 0 Å². The third-order valence-corrected chi connectivity index (χ3v) is 4.86. The van der Waals surface area contributed by atoms with E-state index in [1.165, 1.54) is 11.3 Å². The summed E-state index contributed by atoms with van der Waals surface area (Å²) in [5, 5.41) is 13.5. The molecule has 1 N–H and O–H groups in total. The molecular weight excluding hydrogens is 303 g/mol. The van der Waals surface area contributed by atoms with Crippen molar-refractivity contribution in [2.75, 3.05) is 6.61 Å². The van der Waals surface area contributed by atoms with Crippen LogP contribution in [0, 0.1) is 0 Å². The molecule has 0 saturated carbocycles. The van der Waals surface area contributed by atoms with E-state index in [4.69, 9.17) is 27.9 Å². The summed E-state index contributed by atoms with van der Waals surface area (Å²) in [5.74, 6) is 0.871. The normalized spacial score (nSPS) is 15.1. The van der Waals surface area contributed by atoms with Gasteiger partial charge in [-0.15, -0.1) is 11.3 Å². The first kappa shape index (κ1) is 13.3. The summed E-state index contributed by atoms with van der Waals surface area (Å²) in [7, 11) is 0. The van der Waals surface area contributed by atoms with E-state index in [2.05, 4.69) is 0 Å². The second-order valence-electron chi connectivity index (χ2n) is 4.50. The van der Waals surface area contributed by atoms with E-state index in [9.17, 15) is 5.11 Å². The lowest BCUT2D eigenvalue weighted by Crippen LogP contribution is -2.02. The maximum atomic E-state index is 10.3. The highest BCUT2D eigenvalue weighted by Crippen LogP contribution is 2.37. The molecule has 2 nitrogen and oxygen atoms in total. The maximum Gasteiger partial charge on any atom is 0.126 e. The molecule has 1 atom stereocenters. The number of ether oxygens (including phenoxy) is 1. The third kappa shape index (κ3) is 2.61. The molecule has 1 aliphatic heterocycles. The van der Waals surface area contributed by atoms with Crippen molar-refractivity contribution in [1.29, 1.82) is 0 Å². The van der Waals surface area contributed by atoms with Gasteiger partial charge in [-0.1, -0.05) is 23.2 Å². The minimum Gasteiger partial charge on any atom is -0.493 e. The lowest BCUT2D eigenvalue weighted by atomic mass is 10.0. The van der Waals surface area contributed by atoms with Crippen LogP contribution >= 0.6 is 34.5 Å². The molecule has 1 aromatic heterocycles. The Balaban J connectivity index is 1.90. The second kappa shape index (κ2) is 5.33. The van der Waals surface area contributed by atoms with E-state index in [0.29, 0.717) is 23.1 Å². The second-order valence-corrected chi connectivity index (χ2v) is 6.30. The van der Waals surface area contributed by atoms with Crippen molar-refractivity contribution in [3.63, 3.8) is 0 Å². The molecule has 0 bridgehead atoms. The zero-order chi connectivity index (χ0) is 13.4. The molecule has 0 saturated heterocycles. The molecule has 0 fully saturated rings. The fourth-order valence-electron chi connectivity index (χ4n) is 2.34. The molecule has 19 heavy (non-hydrogen) atoms. The van der Waals surface area contributed by atoms with Crippen LogP contribution in [-0.2, 0) is 12.8 Å². The number of halogens is 2. The molecule has 2 aromatic rings. The first-order valence-electron chi connectivity index (χ1n) is 6.00. The Morgan fingerprint density at radius 1 is 1.37 bits per heavy atom. The Morgan fingerprint density at radius 3 is 2.95 bits per heavy atom. The topological polar surface area (TPSA) is 29.5 Å². The Morgan fingerprint density at radius 2 is 2.21 bits per heavy atom. The van der Waals surface area contributed by atoms with E-state index in [0.717, 1.165) is 28.2 Å². The highest BCUT2D eigenvalue weighted by Gasteiger charge is 2.21. The van der Waals surface area contributed by atoms with Gasteiger partial charge in [0.05, 0.1) is 22.6 Å². The molecule has 0 spiro atoms. The van der Waals surface area contributed by atoms with Gasteiger partial charge in [0.2, 0.25) is 0 Å². The van der Waals surface area contributed by atoms with E-state index in [-0.39, 0.29) is 0 Å². The summed E-state index contributed by atoms with van der Waals surface area (Å²) in [5.41, 5.74) is 2.06. The fraction of sp³-hybridized carbons (Fsp3) is 0.286. The minimum absolute atomic E-state index is 0.461. The smallest absolute Gasteiger partial charge is 0.126 e. The van der Waals surface area contributed by atoms with E-state index in [1.807, 2.05) is 17.5 Å². The van der Waals surface area contributed by atoms with Crippen molar-refractivity contribution in [2.24, 2.45) is 0 Å². The number of aliphatic hydroxyl groups is 1. The van der Waals surface area contributed by atoms with Crippen LogP contribution in [0.1, 0.15) is 22.1 Å². The zero-order valence-corrected chi connectivity index (χ0v) is 12.4. The van der Waals surface area contributed by atoms with Crippen molar-refractivity contribution >= 4 is 34.5 Å². The highest BCUT2D eigenvalue weighted by atomic mass is 35.5. The van der Waals surface area contributed by atoms with Gasteiger partial charge in [-0.2, -0.15) is 0 Å². The predicted octanol–water partition coefficient (Wildman–Crippen LogP) is 4.27. The third-order valence-electron chi connectivity index (χ3n) is 3.19. The van der Waals surface area contributed by atoms with Gasteiger partial charge in [0.25, 0.3) is 0 Å². The van der Waals surface area contributed by atoms with Gasteiger partial charge in [0, 0.05) is 17.9 Å². The summed E-state index contributed by atoms with van der Waals surface area (Å²) in [6.07, 6.45) is 0.710.